The molecule has 0 aliphatic heterocycles. The quantitative estimate of drug-likeness (QED) is 0.544. The molecule has 3 rings (SSSR count). The fraction of sp³-hybridized carbons (Fsp3) is 0.0588. The summed E-state index contributed by atoms with van der Waals surface area (Å²) in [7, 11) is 0. The SMILES string of the molecule is O=C(c1cccc[n+]1[O-])N(Cc1ccco1)c1ccc(Cl)cc1. The molecule has 3 aromatic rings. The van der Waals surface area contributed by atoms with Crippen molar-refractivity contribution >= 4 is 23.2 Å². The van der Waals surface area contributed by atoms with Gasteiger partial charge in [-0.1, -0.05) is 11.6 Å². The number of pyridine rings is 1. The van der Waals surface area contributed by atoms with Gasteiger partial charge in [-0.15, -0.1) is 0 Å². The Bertz CT molecular complexity index is 801. The van der Waals surface area contributed by atoms with Crippen LogP contribution in [0.1, 0.15) is 16.2 Å². The number of hydrogen-bond donors (Lipinski definition) is 0. The summed E-state index contributed by atoms with van der Waals surface area (Å²) in [6.45, 7) is 0.211. The third-order valence-corrected chi connectivity index (χ3v) is 3.57. The van der Waals surface area contributed by atoms with Crippen molar-refractivity contribution in [3.8, 4) is 0 Å². The maximum absolute atomic E-state index is 12.8. The third-order valence-electron chi connectivity index (χ3n) is 3.32. The molecule has 0 atom stereocenters. The number of rotatable bonds is 4. The summed E-state index contributed by atoms with van der Waals surface area (Å²) in [6.07, 6.45) is 2.83. The zero-order valence-corrected chi connectivity index (χ0v) is 12.8. The molecule has 1 amide bonds. The lowest BCUT2D eigenvalue weighted by Crippen LogP contribution is -2.41. The average molecular weight is 329 g/mol. The molecule has 116 valence electrons. The van der Waals surface area contributed by atoms with Crippen molar-refractivity contribution in [3.05, 3.63) is 88.7 Å². The van der Waals surface area contributed by atoms with Crippen LogP contribution in [0.15, 0.2) is 71.5 Å². The molecule has 23 heavy (non-hydrogen) atoms. The number of benzene rings is 1. The van der Waals surface area contributed by atoms with Gasteiger partial charge in [-0.25, -0.2) is 0 Å². The largest absolute Gasteiger partial charge is 0.618 e. The van der Waals surface area contributed by atoms with Gasteiger partial charge < -0.3 is 9.62 Å². The molecule has 6 heteroatoms. The van der Waals surface area contributed by atoms with Gasteiger partial charge in [0, 0.05) is 22.8 Å². The van der Waals surface area contributed by atoms with Crippen LogP contribution in [-0.4, -0.2) is 5.91 Å². The van der Waals surface area contributed by atoms with Gasteiger partial charge >= 0.3 is 5.91 Å². The van der Waals surface area contributed by atoms with Gasteiger partial charge in [0.25, 0.3) is 5.69 Å². The molecule has 0 fully saturated rings. The van der Waals surface area contributed by atoms with Gasteiger partial charge in [-0.2, -0.15) is 4.73 Å². The van der Waals surface area contributed by atoms with Crippen LogP contribution in [-0.2, 0) is 6.54 Å². The number of nitrogens with zero attached hydrogens (tertiary/aromatic N) is 2. The second-order valence-corrected chi connectivity index (χ2v) is 5.30. The molecule has 1 aromatic carbocycles. The van der Waals surface area contributed by atoms with Gasteiger partial charge in [0.2, 0.25) is 0 Å². The molecule has 0 radical (unpaired) electrons. The van der Waals surface area contributed by atoms with Crippen LogP contribution >= 0.6 is 11.6 Å². The van der Waals surface area contributed by atoms with E-state index in [1.54, 1.807) is 48.5 Å². The highest BCUT2D eigenvalue weighted by Crippen LogP contribution is 2.22. The highest BCUT2D eigenvalue weighted by atomic mass is 35.5. The summed E-state index contributed by atoms with van der Waals surface area (Å²) < 4.78 is 5.87. The van der Waals surface area contributed by atoms with E-state index in [0.29, 0.717) is 21.2 Å². The van der Waals surface area contributed by atoms with Crippen LogP contribution < -0.4 is 9.63 Å². The molecule has 0 aliphatic carbocycles. The molecule has 2 heterocycles. The first-order chi connectivity index (χ1) is 11.1. The predicted molar refractivity (Wildman–Crippen MR) is 86.1 cm³/mol. The summed E-state index contributed by atoms with van der Waals surface area (Å²) in [5.41, 5.74) is 0.661. The van der Waals surface area contributed by atoms with E-state index in [-0.39, 0.29) is 12.2 Å². The van der Waals surface area contributed by atoms with E-state index in [1.165, 1.54) is 23.4 Å². The summed E-state index contributed by atoms with van der Waals surface area (Å²) in [5, 5.41) is 12.4. The molecular weight excluding hydrogens is 316 g/mol. The van der Waals surface area contributed by atoms with Gasteiger partial charge in [-0.3, -0.25) is 9.69 Å². The number of anilines is 1. The van der Waals surface area contributed by atoms with Crippen LogP contribution in [0.3, 0.4) is 0 Å². The monoisotopic (exact) mass is 328 g/mol. The minimum atomic E-state index is -0.417. The Morgan fingerprint density at radius 1 is 1.13 bits per heavy atom. The van der Waals surface area contributed by atoms with E-state index in [4.69, 9.17) is 16.0 Å². The zero-order chi connectivity index (χ0) is 16.2. The fourth-order valence-electron chi connectivity index (χ4n) is 2.19. The number of amides is 1. The van der Waals surface area contributed by atoms with E-state index >= 15 is 0 Å². The second kappa shape index (κ2) is 6.54. The van der Waals surface area contributed by atoms with Crippen molar-refractivity contribution in [2.24, 2.45) is 0 Å². The lowest BCUT2D eigenvalue weighted by atomic mass is 10.2. The maximum Gasteiger partial charge on any atom is 0.324 e. The Morgan fingerprint density at radius 3 is 2.57 bits per heavy atom. The maximum atomic E-state index is 12.8. The molecule has 5 nitrogen and oxygen atoms in total. The average Bonchev–Trinajstić information content (AvgIpc) is 3.07. The van der Waals surface area contributed by atoms with Crippen molar-refractivity contribution < 1.29 is 13.9 Å². The Balaban J connectivity index is 1.99. The molecule has 0 saturated carbocycles. The molecule has 0 N–H and O–H groups in total. The van der Waals surface area contributed by atoms with Crippen molar-refractivity contribution in [2.75, 3.05) is 4.90 Å². The van der Waals surface area contributed by atoms with Crippen LogP contribution in [0.5, 0.6) is 0 Å². The summed E-state index contributed by atoms with van der Waals surface area (Å²) in [6, 6.07) is 15.0. The van der Waals surface area contributed by atoms with E-state index in [1.807, 2.05) is 0 Å². The van der Waals surface area contributed by atoms with Crippen molar-refractivity contribution in [1.82, 2.24) is 0 Å². The Kier molecular flexibility index (Phi) is 4.30. The Hall–Kier alpha value is -2.79. The van der Waals surface area contributed by atoms with Crippen LogP contribution in [0.2, 0.25) is 5.02 Å². The molecule has 0 unspecified atom stereocenters. The van der Waals surface area contributed by atoms with Crippen molar-refractivity contribution in [1.29, 1.82) is 0 Å². The minimum Gasteiger partial charge on any atom is -0.618 e. The van der Waals surface area contributed by atoms with Crippen molar-refractivity contribution in [2.45, 2.75) is 6.54 Å². The van der Waals surface area contributed by atoms with E-state index in [9.17, 15) is 10.0 Å². The summed E-state index contributed by atoms with van der Waals surface area (Å²) in [5.74, 6) is 0.195. The van der Waals surface area contributed by atoms with Gasteiger partial charge in [0.05, 0.1) is 12.8 Å². The highest BCUT2D eigenvalue weighted by molar-refractivity contribution is 6.30. The lowest BCUT2D eigenvalue weighted by Gasteiger charge is -2.21. The smallest absolute Gasteiger partial charge is 0.324 e. The topological polar surface area (TPSA) is 60.4 Å². The molecule has 0 bridgehead atoms. The highest BCUT2D eigenvalue weighted by Gasteiger charge is 2.25. The molecule has 0 saturated heterocycles. The summed E-state index contributed by atoms with van der Waals surface area (Å²) >= 11 is 5.90. The minimum absolute atomic E-state index is 0.0361. The standard InChI is InChI=1S/C17H13ClN2O3/c18-13-6-8-14(9-7-13)19(12-15-4-3-11-23-15)17(21)16-5-1-2-10-20(16)22/h1-11H,12H2. The Morgan fingerprint density at radius 2 is 1.91 bits per heavy atom. The summed E-state index contributed by atoms with van der Waals surface area (Å²) in [4.78, 5) is 14.3. The molecule has 0 aliphatic rings. The number of hydrogen-bond acceptors (Lipinski definition) is 3. The first-order valence-electron chi connectivity index (χ1n) is 6.93. The van der Waals surface area contributed by atoms with Gasteiger partial charge in [-0.05, 0) is 42.5 Å². The first kappa shape index (κ1) is 15.1. The normalized spacial score (nSPS) is 10.5. The van der Waals surface area contributed by atoms with Crippen LogP contribution in [0.4, 0.5) is 5.69 Å². The van der Waals surface area contributed by atoms with E-state index < -0.39 is 5.91 Å². The van der Waals surface area contributed by atoms with Gasteiger partial charge in [0.15, 0.2) is 6.20 Å². The van der Waals surface area contributed by atoms with Crippen LogP contribution in [0.25, 0.3) is 0 Å². The molecule has 2 aromatic heterocycles. The Labute approximate surface area is 137 Å². The number of aromatic nitrogens is 1. The number of furan rings is 1. The number of halogens is 1. The van der Waals surface area contributed by atoms with E-state index in [0.717, 1.165) is 0 Å². The predicted octanol–water partition coefficient (Wildman–Crippen LogP) is 3.41. The second-order valence-electron chi connectivity index (χ2n) is 4.86. The lowest BCUT2D eigenvalue weighted by molar-refractivity contribution is -0.607. The van der Waals surface area contributed by atoms with Crippen molar-refractivity contribution in [3.63, 3.8) is 0 Å². The molecular formula is C17H13ClN2O3. The third kappa shape index (κ3) is 3.35. The first-order valence-corrected chi connectivity index (χ1v) is 7.31. The number of carbonyl (C=O) groups is 1. The fourth-order valence-corrected chi connectivity index (χ4v) is 2.32. The van der Waals surface area contributed by atoms with Crippen LogP contribution in [0, 0.1) is 5.21 Å². The number of carbonyl (C=O) groups excluding carboxylic acids is 1. The zero-order valence-electron chi connectivity index (χ0n) is 12.1. The van der Waals surface area contributed by atoms with E-state index in [2.05, 4.69) is 0 Å². The molecule has 0 spiro atoms. The van der Waals surface area contributed by atoms with Gasteiger partial charge in [0.1, 0.15) is 5.76 Å².